The molecule has 0 saturated carbocycles. The Hall–Kier alpha value is -2.44. The highest BCUT2D eigenvalue weighted by molar-refractivity contribution is 6.42. The second-order valence-corrected chi connectivity index (χ2v) is 9.63. The molecule has 8 heteroatoms. The Balaban J connectivity index is 1.57. The van der Waals surface area contributed by atoms with Crippen LogP contribution in [-0.2, 0) is 11.3 Å². The van der Waals surface area contributed by atoms with Gasteiger partial charge in [0.05, 0.1) is 33.7 Å². The molecule has 0 radical (unpaired) electrons. The number of ether oxygens (including phenoxy) is 1. The number of halogens is 2. The number of nitrogens with one attached hydrogen (secondary N) is 1. The van der Waals surface area contributed by atoms with Crippen molar-refractivity contribution in [1.29, 1.82) is 0 Å². The number of hydrogen-bond acceptors (Lipinski definition) is 4. The minimum Gasteiger partial charge on any atom is -0.444 e. The molecule has 1 saturated heterocycles. The number of fused-ring (bicyclic) bond motifs is 1. The fraction of sp³-hybridized carbons (Fsp3) is 0.391. The molecule has 0 unspecified atom stereocenters. The van der Waals surface area contributed by atoms with Gasteiger partial charge in [-0.2, -0.15) is 0 Å². The van der Waals surface area contributed by atoms with Crippen LogP contribution >= 0.6 is 23.2 Å². The minimum absolute atomic E-state index is 0.00749. The van der Waals surface area contributed by atoms with Crippen LogP contribution in [0, 0.1) is 0 Å². The molecule has 1 aliphatic rings. The third-order valence-corrected chi connectivity index (χ3v) is 5.89. The monoisotopic (exact) mass is 460 g/mol. The van der Waals surface area contributed by atoms with Crippen LogP contribution in [0.25, 0.3) is 11.0 Å². The van der Waals surface area contributed by atoms with E-state index in [1.54, 1.807) is 0 Å². The van der Waals surface area contributed by atoms with Crippen molar-refractivity contribution in [3.05, 3.63) is 58.1 Å². The average Bonchev–Trinajstić information content (AvgIpc) is 3.28. The molecule has 2 heterocycles. The molecule has 6 nitrogen and oxygen atoms in total. The summed E-state index contributed by atoms with van der Waals surface area (Å²) in [6.07, 6.45) is 0.443. The summed E-state index contributed by atoms with van der Waals surface area (Å²) in [6, 6.07) is 13.8. The summed E-state index contributed by atoms with van der Waals surface area (Å²) in [5, 5.41) is 4.05. The molecule has 1 N–H and O–H groups in total. The standard InChI is InChI=1S/C23H26Cl2N4O2/c1-23(2,3)31-22(30)26-16-10-11-28(14-16)21-27-19-6-4-5-7-20(19)29(21)13-15-8-9-17(24)18(25)12-15/h4-9,12,16H,10-11,13-14H2,1-3H3,(H,26,30)/t16-/m0/s1. The third-order valence-electron chi connectivity index (χ3n) is 5.15. The van der Waals surface area contributed by atoms with Crippen LogP contribution in [-0.4, -0.2) is 40.4 Å². The molecule has 0 aliphatic carbocycles. The van der Waals surface area contributed by atoms with E-state index in [0.717, 1.165) is 35.5 Å². The summed E-state index contributed by atoms with van der Waals surface area (Å²) >= 11 is 12.3. The zero-order valence-electron chi connectivity index (χ0n) is 17.9. The Kier molecular flexibility index (Phi) is 6.04. The lowest BCUT2D eigenvalue weighted by Gasteiger charge is -2.22. The molecule has 0 spiro atoms. The summed E-state index contributed by atoms with van der Waals surface area (Å²) in [5.74, 6) is 0.876. The lowest BCUT2D eigenvalue weighted by atomic mass is 10.2. The van der Waals surface area contributed by atoms with Gasteiger partial charge in [-0.3, -0.25) is 0 Å². The van der Waals surface area contributed by atoms with Gasteiger partial charge in [-0.05, 0) is 57.0 Å². The van der Waals surface area contributed by atoms with Crippen LogP contribution in [0.5, 0.6) is 0 Å². The van der Waals surface area contributed by atoms with E-state index in [1.165, 1.54) is 0 Å². The smallest absolute Gasteiger partial charge is 0.407 e. The van der Waals surface area contributed by atoms with Crippen molar-refractivity contribution in [2.45, 2.75) is 45.4 Å². The van der Waals surface area contributed by atoms with Gasteiger partial charge in [0, 0.05) is 13.1 Å². The number of benzene rings is 2. The Morgan fingerprint density at radius 2 is 1.97 bits per heavy atom. The molecule has 1 aliphatic heterocycles. The lowest BCUT2D eigenvalue weighted by molar-refractivity contribution is 0.0509. The van der Waals surface area contributed by atoms with Crippen LogP contribution < -0.4 is 10.2 Å². The molecule has 2 aromatic carbocycles. The predicted molar refractivity (Wildman–Crippen MR) is 125 cm³/mol. The van der Waals surface area contributed by atoms with Gasteiger partial charge in [0.1, 0.15) is 5.60 Å². The quantitative estimate of drug-likeness (QED) is 0.558. The zero-order valence-corrected chi connectivity index (χ0v) is 19.4. The summed E-state index contributed by atoms with van der Waals surface area (Å²) in [6.45, 7) is 7.67. The molecule has 1 aromatic heterocycles. The van der Waals surface area contributed by atoms with Gasteiger partial charge in [0.15, 0.2) is 0 Å². The molecule has 3 aromatic rings. The summed E-state index contributed by atoms with van der Waals surface area (Å²) in [7, 11) is 0. The molecule has 1 fully saturated rings. The summed E-state index contributed by atoms with van der Waals surface area (Å²) in [5.41, 5.74) is 2.51. The van der Waals surface area contributed by atoms with Crippen LogP contribution in [0.3, 0.4) is 0 Å². The summed E-state index contributed by atoms with van der Waals surface area (Å²) in [4.78, 5) is 19.3. The molecule has 31 heavy (non-hydrogen) atoms. The topological polar surface area (TPSA) is 59.4 Å². The first-order chi connectivity index (χ1) is 14.7. The van der Waals surface area contributed by atoms with E-state index in [4.69, 9.17) is 32.9 Å². The predicted octanol–water partition coefficient (Wildman–Crippen LogP) is 5.49. The van der Waals surface area contributed by atoms with Crippen molar-refractivity contribution in [3.63, 3.8) is 0 Å². The van der Waals surface area contributed by atoms with Crippen molar-refractivity contribution in [3.8, 4) is 0 Å². The number of nitrogens with zero attached hydrogens (tertiary/aromatic N) is 3. The normalized spacial score (nSPS) is 16.7. The highest BCUT2D eigenvalue weighted by Gasteiger charge is 2.29. The molecule has 4 rings (SSSR count). The minimum atomic E-state index is -0.518. The fourth-order valence-electron chi connectivity index (χ4n) is 3.81. The zero-order chi connectivity index (χ0) is 22.2. The second-order valence-electron chi connectivity index (χ2n) is 8.81. The van der Waals surface area contributed by atoms with E-state index >= 15 is 0 Å². The Morgan fingerprint density at radius 1 is 1.19 bits per heavy atom. The number of carbonyl (C=O) groups excluding carboxylic acids is 1. The van der Waals surface area contributed by atoms with Crippen LogP contribution in [0.1, 0.15) is 32.8 Å². The van der Waals surface area contributed by atoms with Gasteiger partial charge in [-0.25, -0.2) is 9.78 Å². The summed E-state index contributed by atoms with van der Waals surface area (Å²) < 4.78 is 7.58. The van der Waals surface area contributed by atoms with Crippen LogP contribution in [0.4, 0.5) is 10.7 Å². The number of anilines is 1. The second kappa shape index (κ2) is 8.60. The maximum absolute atomic E-state index is 12.2. The Morgan fingerprint density at radius 3 is 2.71 bits per heavy atom. The van der Waals surface area contributed by atoms with Gasteiger partial charge in [-0.15, -0.1) is 0 Å². The van der Waals surface area contributed by atoms with Gasteiger partial charge in [-0.1, -0.05) is 41.4 Å². The number of amides is 1. The van der Waals surface area contributed by atoms with E-state index in [1.807, 2.05) is 57.2 Å². The molecule has 164 valence electrons. The first-order valence-corrected chi connectivity index (χ1v) is 11.1. The third kappa shape index (κ3) is 5.08. The van der Waals surface area contributed by atoms with Crippen LogP contribution in [0.15, 0.2) is 42.5 Å². The number of aromatic nitrogens is 2. The average molecular weight is 461 g/mol. The highest BCUT2D eigenvalue weighted by atomic mass is 35.5. The van der Waals surface area contributed by atoms with E-state index in [9.17, 15) is 4.79 Å². The number of hydrogen-bond donors (Lipinski definition) is 1. The first kappa shape index (κ1) is 21.8. The lowest BCUT2D eigenvalue weighted by Crippen LogP contribution is -2.40. The maximum atomic E-state index is 12.2. The largest absolute Gasteiger partial charge is 0.444 e. The van der Waals surface area contributed by atoms with Crippen molar-refractivity contribution >= 4 is 46.3 Å². The molecular formula is C23H26Cl2N4O2. The number of carbonyl (C=O) groups is 1. The molecule has 0 bridgehead atoms. The van der Waals surface area contributed by atoms with Gasteiger partial charge < -0.3 is 19.5 Å². The molecular weight excluding hydrogens is 435 g/mol. The van der Waals surface area contributed by atoms with Crippen molar-refractivity contribution in [2.75, 3.05) is 18.0 Å². The molecule has 1 atom stereocenters. The van der Waals surface area contributed by atoms with Crippen molar-refractivity contribution in [1.82, 2.24) is 14.9 Å². The SMILES string of the molecule is CC(C)(C)OC(=O)N[C@H]1CCN(c2nc3ccccc3n2Cc2ccc(Cl)c(Cl)c2)C1. The Labute approximate surface area is 192 Å². The van der Waals surface area contributed by atoms with Gasteiger partial charge in [0.25, 0.3) is 0 Å². The maximum Gasteiger partial charge on any atom is 0.407 e. The van der Waals surface area contributed by atoms with E-state index < -0.39 is 5.60 Å². The molecule has 1 amide bonds. The van der Waals surface area contributed by atoms with Crippen LogP contribution in [0.2, 0.25) is 10.0 Å². The fourth-order valence-corrected chi connectivity index (χ4v) is 4.14. The van der Waals surface area contributed by atoms with Crippen molar-refractivity contribution < 1.29 is 9.53 Å². The van der Waals surface area contributed by atoms with E-state index in [0.29, 0.717) is 23.1 Å². The van der Waals surface area contributed by atoms with E-state index in [-0.39, 0.29) is 12.1 Å². The Bertz CT molecular complexity index is 1110. The highest BCUT2D eigenvalue weighted by Crippen LogP contribution is 2.29. The number of rotatable bonds is 4. The number of para-hydroxylation sites is 2. The first-order valence-electron chi connectivity index (χ1n) is 10.3. The van der Waals surface area contributed by atoms with Crippen molar-refractivity contribution in [2.24, 2.45) is 0 Å². The van der Waals surface area contributed by atoms with Gasteiger partial charge in [0.2, 0.25) is 5.95 Å². The van der Waals surface area contributed by atoms with Gasteiger partial charge >= 0.3 is 6.09 Å². The van der Waals surface area contributed by atoms with E-state index in [2.05, 4.69) is 20.9 Å². The number of alkyl carbamates (subject to hydrolysis) is 1. The number of imidazole rings is 1.